The smallest absolute Gasteiger partial charge is 0.407 e. The summed E-state index contributed by atoms with van der Waals surface area (Å²) in [4.78, 5) is 35.3. The van der Waals surface area contributed by atoms with Crippen LogP contribution in [0.1, 0.15) is 37.3 Å². The number of alkyl carbamates (subject to hydrolysis) is 1. The molecule has 1 aliphatic rings. The zero-order valence-corrected chi connectivity index (χ0v) is 17.8. The Bertz CT molecular complexity index is 911. The van der Waals surface area contributed by atoms with Crippen molar-refractivity contribution >= 4 is 18.0 Å². The third kappa shape index (κ3) is 5.42. The van der Waals surface area contributed by atoms with Crippen molar-refractivity contribution in [3.8, 4) is 11.1 Å². The molecule has 0 spiro atoms. The van der Waals surface area contributed by atoms with Gasteiger partial charge in [0.05, 0.1) is 12.3 Å². The first-order chi connectivity index (χ1) is 14.9. The van der Waals surface area contributed by atoms with Crippen LogP contribution in [0.15, 0.2) is 48.5 Å². The molecule has 0 fully saturated rings. The molecule has 31 heavy (non-hydrogen) atoms. The van der Waals surface area contributed by atoms with Crippen LogP contribution in [0, 0.1) is 11.8 Å². The van der Waals surface area contributed by atoms with E-state index in [1.165, 1.54) is 0 Å². The zero-order valence-electron chi connectivity index (χ0n) is 17.8. The van der Waals surface area contributed by atoms with E-state index in [4.69, 9.17) is 9.84 Å². The largest absolute Gasteiger partial charge is 0.481 e. The van der Waals surface area contributed by atoms with Gasteiger partial charge < -0.3 is 20.5 Å². The molecule has 7 nitrogen and oxygen atoms in total. The maximum Gasteiger partial charge on any atom is 0.407 e. The Morgan fingerprint density at radius 2 is 1.55 bits per heavy atom. The summed E-state index contributed by atoms with van der Waals surface area (Å²) in [6, 6.07) is 16.2. The van der Waals surface area contributed by atoms with Crippen LogP contribution >= 0.6 is 0 Å². The maximum absolute atomic E-state index is 12.3. The maximum atomic E-state index is 12.3. The molecule has 0 aliphatic heterocycles. The number of carboxylic acids is 1. The highest BCUT2D eigenvalue weighted by atomic mass is 16.5. The van der Waals surface area contributed by atoms with Crippen LogP contribution in [-0.4, -0.2) is 42.8 Å². The van der Waals surface area contributed by atoms with E-state index in [-0.39, 0.29) is 43.9 Å². The highest BCUT2D eigenvalue weighted by Crippen LogP contribution is 2.44. The van der Waals surface area contributed by atoms with Gasteiger partial charge in [-0.05, 0) is 28.2 Å². The molecule has 0 heterocycles. The third-order valence-corrected chi connectivity index (χ3v) is 5.59. The Morgan fingerprint density at radius 3 is 2.10 bits per heavy atom. The number of amides is 2. The molecule has 3 rings (SSSR count). The van der Waals surface area contributed by atoms with E-state index in [2.05, 4.69) is 34.9 Å². The Kier molecular flexibility index (Phi) is 7.28. The van der Waals surface area contributed by atoms with Gasteiger partial charge in [0, 0.05) is 19.0 Å². The SMILES string of the molecule is CC(C)C(CNC(=O)OCC1c2ccccc2-c2ccccc21)C(=O)NCCC(=O)O. The molecule has 3 N–H and O–H groups in total. The van der Waals surface area contributed by atoms with E-state index in [0.717, 1.165) is 22.3 Å². The minimum atomic E-state index is -0.974. The standard InChI is InChI=1S/C24H28N2O5/c1-15(2)20(23(29)25-12-11-22(27)28)13-26-24(30)31-14-21-18-9-5-3-7-16(18)17-8-4-6-10-19(17)21/h3-10,15,20-21H,11-14H2,1-2H3,(H,25,29)(H,26,30)(H,27,28). The number of ether oxygens (including phenoxy) is 1. The van der Waals surface area contributed by atoms with Crippen LogP contribution in [-0.2, 0) is 14.3 Å². The summed E-state index contributed by atoms with van der Waals surface area (Å²) in [6.07, 6.45) is -0.720. The number of rotatable bonds is 9. The van der Waals surface area contributed by atoms with Crippen molar-refractivity contribution in [1.82, 2.24) is 10.6 Å². The second-order valence-corrected chi connectivity index (χ2v) is 7.99. The second-order valence-electron chi connectivity index (χ2n) is 7.99. The van der Waals surface area contributed by atoms with Crippen molar-refractivity contribution in [3.05, 3.63) is 59.7 Å². The van der Waals surface area contributed by atoms with Gasteiger partial charge in [0.2, 0.25) is 5.91 Å². The van der Waals surface area contributed by atoms with Crippen LogP contribution in [0.4, 0.5) is 4.79 Å². The lowest BCUT2D eigenvalue weighted by Crippen LogP contribution is -2.42. The van der Waals surface area contributed by atoms with Gasteiger partial charge >= 0.3 is 12.1 Å². The zero-order chi connectivity index (χ0) is 22.4. The first-order valence-corrected chi connectivity index (χ1v) is 10.5. The van der Waals surface area contributed by atoms with E-state index in [1.54, 1.807) is 0 Å². The van der Waals surface area contributed by atoms with Gasteiger partial charge in [0.15, 0.2) is 0 Å². The van der Waals surface area contributed by atoms with Crippen molar-refractivity contribution < 1.29 is 24.2 Å². The Labute approximate surface area is 181 Å². The van der Waals surface area contributed by atoms with Gasteiger partial charge in [-0.15, -0.1) is 0 Å². The first kappa shape index (κ1) is 22.3. The van der Waals surface area contributed by atoms with E-state index in [0.29, 0.717) is 0 Å². The fourth-order valence-corrected chi connectivity index (χ4v) is 3.90. The third-order valence-electron chi connectivity index (χ3n) is 5.59. The summed E-state index contributed by atoms with van der Waals surface area (Å²) in [6.45, 7) is 4.13. The number of carbonyl (C=O) groups is 3. The molecule has 7 heteroatoms. The van der Waals surface area contributed by atoms with Crippen molar-refractivity contribution in [2.45, 2.75) is 26.2 Å². The molecular formula is C24H28N2O5. The molecule has 0 saturated heterocycles. The van der Waals surface area contributed by atoms with Crippen molar-refractivity contribution in [3.63, 3.8) is 0 Å². The lowest BCUT2D eigenvalue weighted by atomic mass is 9.95. The van der Waals surface area contributed by atoms with Crippen LogP contribution in [0.5, 0.6) is 0 Å². The van der Waals surface area contributed by atoms with Gasteiger partial charge in [-0.2, -0.15) is 0 Å². The average molecular weight is 424 g/mol. The molecular weight excluding hydrogens is 396 g/mol. The van der Waals surface area contributed by atoms with Crippen molar-refractivity contribution in [1.29, 1.82) is 0 Å². The number of aliphatic carboxylic acids is 1. The van der Waals surface area contributed by atoms with Crippen molar-refractivity contribution in [2.24, 2.45) is 11.8 Å². The van der Waals surface area contributed by atoms with Crippen LogP contribution in [0.25, 0.3) is 11.1 Å². The fraction of sp³-hybridized carbons (Fsp3) is 0.375. The van der Waals surface area contributed by atoms with E-state index < -0.39 is 18.0 Å². The van der Waals surface area contributed by atoms with Crippen LogP contribution < -0.4 is 10.6 Å². The van der Waals surface area contributed by atoms with Crippen LogP contribution in [0.2, 0.25) is 0 Å². The van der Waals surface area contributed by atoms with Gasteiger partial charge in [0.25, 0.3) is 0 Å². The number of nitrogens with one attached hydrogen (secondary N) is 2. The molecule has 0 bridgehead atoms. The molecule has 2 aromatic carbocycles. The van der Waals surface area contributed by atoms with E-state index in [1.807, 2.05) is 38.1 Å². The summed E-state index contributed by atoms with van der Waals surface area (Å²) in [7, 11) is 0. The minimum absolute atomic E-state index is 0.0290. The Balaban J connectivity index is 1.55. The predicted molar refractivity (Wildman–Crippen MR) is 117 cm³/mol. The summed E-state index contributed by atoms with van der Waals surface area (Å²) in [5.74, 6) is -1.79. The Morgan fingerprint density at radius 1 is 0.968 bits per heavy atom. The van der Waals surface area contributed by atoms with Gasteiger partial charge in [-0.1, -0.05) is 62.4 Å². The Hall–Kier alpha value is -3.35. The predicted octanol–water partition coefficient (Wildman–Crippen LogP) is 3.39. The molecule has 0 aromatic heterocycles. The van der Waals surface area contributed by atoms with Crippen molar-refractivity contribution in [2.75, 3.05) is 19.7 Å². The highest BCUT2D eigenvalue weighted by molar-refractivity contribution is 5.81. The molecule has 2 aromatic rings. The quantitative estimate of drug-likeness (QED) is 0.572. The first-order valence-electron chi connectivity index (χ1n) is 10.5. The number of fused-ring (bicyclic) bond motifs is 3. The van der Waals surface area contributed by atoms with E-state index in [9.17, 15) is 14.4 Å². The summed E-state index contributed by atoms with van der Waals surface area (Å²) in [5, 5.41) is 14.0. The lowest BCUT2D eigenvalue weighted by Gasteiger charge is -2.21. The topological polar surface area (TPSA) is 105 Å². The summed E-state index contributed by atoms with van der Waals surface area (Å²) in [5.41, 5.74) is 4.58. The number of benzene rings is 2. The van der Waals surface area contributed by atoms with Gasteiger partial charge in [0.1, 0.15) is 6.61 Å². The molecule has 164 valence electrons. The van der Waals surface area contributed by atoms with Gasteiger partial charge in [-0.25, -0.2) is 4.79 Å². The lowest BCUT2D eigenvalue weighted by molar-refractivity contribution is -0.137. The number of hydrogen-bond acceptors (Lipinski definition) is 4. The number of hydrogen-bond donors (Lipinski definition) is 3. The number of carbonyl (C=O) groups excluding carboxylic acids is 2. The average Bonchev–Trinajstić information content (AvgIpc) is 3.06. The molecule has 2 amide bonds. The monoisotopic (exact) mass is 424 g/mol. The summed E-state index contributed by atoms with van der Waals surface area (Å²) < 4.78 is 5.50. The minimum Gasteiger partial charge on any atom is -0.481 e. The van der Waals surface area contributed by atoms with Gasteiger partial charge in [-0.3, -0.25) is 9.59 Å². The molecule has 0 radical (unpaired) electrons. The van der Waals surface area contributed by atoms with Crippen LogP contribution in [0.3, 0.4) is 0 Å². The number of carboxylic acid groups (broad SMARTS) is 1. The highest BCUT2D eigenvalue weighted by Gasteiger charge is 2.29. The molecule has 1 atom stereocenters. The normalized spacial score (nSPS) is 13.3. The molecule has 1 unspecified atom stereocenters. The fourth-order valence-electron chi connectivity index (χ4n) is 3.90. The molecule has 1 aliphatic carbocycles. The molecule has 0 saturated carbocycles. The van der Waals surface area contributed by atoms with E-state index >= 15 is 0 Å². The second kappa shape index (κ2) is 10.1. The summed E-state index contributed by atoms with van der Waals surface area (Å²) >= 11 is 0.